The number of nitrogens with zero attached hydrogens (tertiary/aromatic N) is 2. The number of benzene rings is 2. The van der Waals surface area contributed by atoms with Crippen molar-refractivity contribution in [2.45, 2.75) is 6.54 Å². The maximum Gasteiger partial charge on any atom is 0.195 e. The van der Waals surface area contributed by atoms with Crippen molar-refractivity contribution < 1.29 is 4.79 Å². The maximum atomic E-state index is 12.7. The summed E-state index contributed by atoms with van der Waals surface area (Å²) in [5.41, 5.74) is 9.42. The molecule has 2 aromatic carbocycles. The number of carbonyl (C=O) groups is 1. The second kappa shape index (κ2) is 4.41. The molecule has 21 heavy (non-hydrogen) atoms. The van der Waals surface area contributed by atoms with Crippen molar-refractivity contribution >= 4 is 28.3 Å². The molecule has 4 rings (SSSR count). The van der Waals surface area contributed by atoms with Gasteiger partial charge in [-0.3, -0.25) is 9.48 Å². The lowest BCUT2D eigenvalue weighted by atomic mass is 9.87. The first kappa shape index (κ1) is 12.6. The molecule has 0 unspecified atom stereocenters. The third-order valence-electron chi connectivity index (χ3n) is 3.86. The SMILES string of the molecule is NCCn1nc2c3c(c(Cl)ccc31)C(=O)c1ccccc1-2. The molecular weight excluding hydrogens is 286 g/mol. The van der Waals surface area contributed by atoms with Crippen LogP contribution in [0.15, 0.2) is 36.4 Å². The summed E-state index contributed by atoms with van der Waals surface area (Å²) in [5, 5.41) is 5.95. The summed E-state index contributed by atoms with van der Waals surface area (Å²) in [6.45, 7) is 1.09. The van der Waals surface area contributed by atoms with Gasteiger partial charge < -0.3 is 5.73 Å². The number of ketones is 1. The van der Waals surface area contributed by atoms with E-state index in [1.807, 2.05) is 35.0 Å². The molecule has 0 atom stereocenters. The fourth-order valence-electron chi connectivity index (χ4n) is 2.97. The summed E-state index contributed by atoms with van der Waals surface area (Å²) in [6.07, 6.45) is 0. The number of carbonyl (C=O) groups excluding carboxylic acids is 1. The van der Waals surface area contributed by atoms with Crippen LogP contribution in [0.3, 0.4) is 0 Å². The highest BCUT2D eigenvalue weighted by Gasteiger charge is 2.30. The number of rotatable bonds is 2. The highest BCUT2D eigenvalue weighted by atomic mass is 35.5. The molecule has 0 aliphatic heterocycles. The maximum absolute atomic E-state index is 12.7. The minimum Gasteiger partial charge on any atom is -0.329 e. The van der Waals surface area contributed by atoms with Gasteiger partial charge in [-0.2, -0.15) is 5.10 Å². The van der Waals surface area contributed by atoms with Crippen LogP contribution in [0.1, 0.15) is 15.9 Å². The second-order valence-corrected chi connectivity index (χ2v) is 5.46. The first-order valence-electron chi connectivity index (χ1n) is 6.75. The van der Waals surface area contributed by atoms with E-state index in [0.29, 0.717) is 29.2 Å². The van der Waals surface area contributed by atoms with Crippen molar-refractivity contribution in [3.05, 3.63) is 52.5 Å². The Morgan fingerprint density at radius 3 is 2.67 bits per heavy atom. The van der Waals surface area contributed by atoms with Crippen LogP contribution in [0.25, 0.3) is 22.2 Å². The van der Waals surface area contributed by atoms with E-state index in [1.54, 1.807) is 6.07 Å². The van der Waals surface area contributed by atoms with Crippen LogP contribution in [0.2, 0.25) is 5.02 Å². The molecule has 0 spiro atoms. The third kappa shape index (κ3) is 1.60. The highest BCUT2D eigenvalue weighted by Crippen LogP contribution is 2.41. The number of fused-ring (bicyclic) bond motifs is 2. The smallest absolute Gasteiger partial charge is 0.195 e. The number of aromatic nitrogens is 2. The predicted octanol–water partition coefficient (Wildman–Crippen LogP) is 2.86. The van der Waals surface area contributed by atoms with E-state index in [4.69, 9.17) is 17.3 Å². The van der Waals surface area contributed by atoms with E-state index in [-0.39, 0.29) is 5.78 Å². The summed E-state index contributed by atoms with van der Waals surface area (Å²) in [5.74, 6) is -0.0407. The van der Waals surface area contributed by atoms with Gasteiger partial charge in [-0.1, -0.05) is 35.9 Å². The van der Waals surface area contributed by atoms with Gasteiger partial charge in [-0.15, -0.1) is 0 Å². The summed E-state index contributed by atoms with van der Waals surface area (Å²) < 4.78 is 1.85. The van der Waals surface area contributed by atoms with Gasteiger partial charge in [0.05, 0.1) is 22.6 Å². The minimum absolute atomic E-state index is 0.0407. The minimum atomic E-state index is -0.0407. The van der Waals surface area contributed by atoms with E-state index in [0.717, 1.165) is 22.2 Å². The Labute approximate surface area is 126 Å². The summed E-state index contributed by atoms with van der Waals surface area (Å²) >= 11 is 6.27. The van der Waals surface area contributed by atoms with Crippen LogP contribution in [0.4, 0.5) is 0 Å². The van der Waals surface area contributed by atoms with E-state index in [2.05, 4.69) is 5.10 Å². The fourth-order valence-corrected chi connectivity index (χ4v) is 3.21. The molecule has 0 bridgehead atoms. The van der Waals surface area contributed by atoms with Gasteiger partial charge in [0.2, 0.25) is 0 Å². The van der Waals surface area contributed by atoms with E-state index in [1.165, 1.54) is 0 Å². The zero-order valence-corrected chi connectivity index (χ0v) is 11.9. The first-order valence-corrected chi connectivity index (χ1v) is 7.13. The lowest BCUT2D eigenvalue weighted by Crippen LogP contribution is -2.10. The van der Waals surface area contributed by atoms with Gasteiger partial charge in [0.15, 0.2) is 5.78 Å². The molecular formula is C16H12ClN3O. The summed E-state index contributed by atoms with van der Waals surface area (Å²) in [6, 6.07) is 11.2. The molecule has 1 aliphatic carbocycles. The van der Waals surface area contributed by atoms with Crippen LogP contribution >= 0.6 is 11.6 Å². The molecule has 0 amide bonds. The Kier molecular flexibility index (Phi) is 2.64. The average molecular weight is 298 g/mol. The van der Waals surface area contributed by atoms with Crippen LogP contribution in [-0.2, 0) is 6.54 Å². The van der Waals surface area contributed by atoms with Crippen molar-refractivity contribution in [2.75, 3.05) is 6.54 Å². The molecule has 0 saturated carbocycles. The lowest BCUT2D eigenvalue weighted by Gasteiger charge is -2.15. The summed E-state index contributed by atoms with van der Waals surface area (Å²) in [4.78, 5) is 12.7. The highest BCUT2D eigenvalue weighted by molar-refractivity contribution is 6.39. The lowest BCUT2D eigenvalue weighted by molar-refractivity contribution is 0.104. The number of halogens is 1. The van der Waals surface area contributed by atoms with Crippen molar-refractivity contribution in [1.29, 1.82) is 0 Å². The van der Waals surface area contributed by atoms with E-state index in [9.17, 15) is 4.79 Å². The van der Waals surface area contributed by atoms with Gasteiger partial charge in [-0.25, -0.2) is 0 Å². The normalized spacial score (nSPS) is 12.8. The van der Waals surface area contributed by atoms with Gasteiger partial charge in [0, 0.05) is 23.1 Å². The Balaban J connectivity index is 2.18. The zero-order valence-electron chi connectivity index (χ0n) is 11.1. The Hall–Kier alpha value is -2.17. The topological polar surface area (TPSA) is 60.9 Å². The van der Waals surface area contributed by atoms with Gasteiger partial charge >= 0.3 is 0 Å². The molecule has 104 valence electrons. The van der Waals surface area contributed by atoms with Crippen LogP contribution in [0.5, 0.6) is 0 Å². The first-order chi connectivity index (χ1) is 10.2. The number of hydrogen-bond acceptors (Lipinski definition) is 3. The predicted molar refractivity (Wildman–Crippen MR) is 82.7 cm³/mol. The summed E-state index contributed by atoms with van der Waals surface area (Å²) in [7, 11) is 0. The van der Waals surface area contributed by atoms with Crippen LogP contribution in [0, 0.1) is 0 Å². The van der Waals surface area contributed by atoms with Gasteiger partial charge in [-0.05, 0) is 12.1 Å². The van der Waals surface area contributed by atoms with Gasteiger partial charge in [0.25, 0.3) is 0 Å². The van der Waals surface area contributed by atoms with Crippen LogP contribution < -0.4 is 5.73 Å². The standard InChI is InChI=1S/C16H12ClN3O/c17-11-5-6-12-14-13(11)16(21)10-4-2-1-3-9(10)15(14)19-20(12)8-7-18/h1-6H,7-8,18H2. The van der Waals surface area contributed by atoms with Crippen molar-refractivity contribution in [2.24, 2.45) is 5.73 Å². The quantitative estimate of drug-likeness (QED) is 0.619. The van der Waals surface area contributed by atoms with E-state index < -0.39 is 0 Å². The van der Waals surface area contributed by atoms with Crippen molar-refractivity contribution in [3.63, 3.8) is 0 Å². The zero-order chi connectivity index (χ0) is 14.6. The Morgan fingerprint density at radius 2 is 1.90 bits per heavy atom. The monoisotopic (exact) mass is 297 g/mol. The molecule has 4 nitrogen and oxygen atoms in total. The molecule has 1 aliphatic rings. The van der Waals surface area contributed by atoms with Gasteiger partial charge in [0.1, 0.15) is 5.69 Å². The van der Waals surface area contributed by atoms with Crippen LogP contribution in [-0.4, -0.2) is 22.1 Å². The third-order valence-corrected chi connectivity index (χ3v) is 4.18. The Bertz CT molecular complexity index is 898. The van der Waals surface area contributed by atoms with E-state index >= 15 is 0 Å². The average Bonchev–Trinajstić information content (AvgIpc) is 2.85. The largest absolute Gasteiger partial charge is 0.329 e. The van der Waals surface area contributed by atoms with Crippen molar-refractivity contribution in [3.8, 4) is 11.3 Å². The molecule has 1 heterocycles. The van der Waals surface area contributed by atoms with Crippen molar-refractivity contribution in [1.82, 2.24) is 9.78 Å². The Morgan fingerprint density at radius 1 is 1.14 bits per heavy atom. The number of nitrogens with two attached hydrogens (primary N) is 1. The molecule has 3 aromatic rings. The molecule has 5 heteroatoms. The molecule has 0 saturated heterocycles. The number of hydrogen-bond donors (Lipinski definition) is 1. The molecule has 0 fully saturated rings. The molecule has 2 N–H and O–H groups in total. The molecule has 1 aromatic heterocycles. The second-order valence-electron chi connectivity index (χ2n) is 5.05. The fraction of sp³-hybridized carbons (Fsp3) is 0.125. The molecule has 0 radical (unpaired) electrons.